The van der Waals surface area contributed by atoms with Gasteiger partial charge in [-0.3, -0.25) is 9.52 Å². The number of nitrogens with one attached hydrogen (secondary N) is 1. The number of amides is 1. The van der Waals surface area contributed by atoms with Crippen molar-refractivity contribution >= 4 is 15.9 Å². The zero-order valence-corrected chi connectivity index (χ0v) is 8.23. The number of hydrogen-bond acceptors (Lipinski definition) is 4. The third-order valence-electron chi connectivity index (χ3n) is 0.915. The molecule has 0 aromatic rings. The monoisotopic (exact) mass is 194 g/mol. The number of carbonyl (C=O) groups excluding carboxylic acids is 1. The Morgan fingerprint density at radius 1 is 1.50 bits per heavy atom. The van der Waals surface area contributed by atoms with Crippen LogP contribution in [0.1, 0.15) is 20.3 Å². The van der Waals surface area contributed by atoms with Crippen molar-refractivity contribution in [2.45, 2.75) is 25.8 Å². The van der Waals surface area contributed by atoms with Crippen molar-refractivity contribution in [3.8, 4) is 0 Å². The highest BCUT2D eigenvalue weighted by atomic mass is 32.2. The molecule has 0 saturated heterocycles. The molecule has 0 aliphatic rings. The molecule has 0 aliphatic heterocycles. The van der Waals surface area contributed by atoms with Gasteiger partial charge in [0.1, 0.15) is 0 Å². The number of sulfonamides is 1. The first kappa shape index (κ1) is 11.4. The zero-order chi connectivity index (χ0) is 9.99. The van der Waals surface area contributed by atoms with E-state index in [1.54, 1.807) is 13.8 Å². The standard InChI is InChI=1S/C6H14N2O3S/c1-6(2,7)4-5(9)8-12(3,10)11/h4,7H2,1-3H3,(H,8,9). The third-order valence-corrected chi connectivity index (χ3v) is 1.51. The first-order valence-electron chi connectivity index (χ1n) is 3.40. The van der Waals surface area contributed by atoms with Gasteiger partial charge >= 0.3 is 0 Å². The maximum absolute atomic E-state index is 10.9. The van der Waals surface area contributed by atoms with E-state index in [1.165, 1.54) is 0 Å². The second-order valence-electron chi connectivity index (χ2n) is 3.46. The Balaban J connectivity index is 4.10. The molecule has 12 heavy (non-hydrogen) atoms. The second-order valence-corrected chi connectivity index (χ2v) is 5.21. The first-order valence-corrected chi connectivity index (χ1v) is 5.29. The van der Waals surface area contributed by atoms with Gasteiger partial charge in [0.25, 0.3) is 0 Å². The zero-order valence-electron chi connectivity index (χ0n) is 7.42. The highest BCUT2D eigenvalue weighted by Crippen LogP contribution is 2.02. The lowest BCUT2D eigenvalue weighted by molar-refractivity contribution is -0.120. The Morgan fingerprint density at radius 2 is 1.92 bits per heavy atom. The summed E-state index contributed by atoms with van der Waals surface area (Å²) >= 11 is 0. The minimum Gasteiger partial charge on any atom is -0.325 e. The average Bonchev–Trinajstić information content (AvgIpc) is 1.49. The van der Waals surface area contributed by atoms with E-state index in [9.17, 15) is 13.2 Å². The smallest absolute Gasteiger partial charge is 0.235 e. The fraction of sp³-hybridized carbons (Fsp3) is 0.833. The Labute approximate surface area is 72.4 Å². The molecule has 3 N–H and O–H groups in total. The van der Waals surface area contributed by atoms with Crippen LogP contribution in [0.5, 0.6) is 0 Å². The number of hydrogen-bond donors (Lipinski definition) is 2. The van der Waals surface area contributed by atoms with Gasteiger partial charge in [-0.05, 0) is 13.8 Å². The predicted molar refractivity (Wildman–Crippen MR) is 45.9 cm³/mol. The Bertz CT molecular complexity index is 263. The largest absolute Gasteiger partial charge is 0.325 e. The normalized spacial score (nSPS) is 12.7. The van der Waals surface area contributed by atoms with Gasteiger partial charge in [-0.2, -0.15) is 0 Å². The van der Waals surface area contributed by atoms with E-state index in [4.69, 9.17) is 5.73 Å². The maximum Gasteiger partial charge on any atom is 0.235 e. The molecule has 0 fully saturated rings. The summed E-state index contributed by atoms with van der Waals surface area (Å²) in [5.41, 5.74) is 4.81. The van der Waals surface area contributed by atoms with E-state index in [2.05, 4.69) is 0 Å². The summed E-state index contributed by atoms with van der Waals surface area (Å²) in [4.78, 5) is 10.9. The van der Waals surface area contributed by atoms with Crippen molar-refractivity contribution < 1.29 is 13.2 Å². The Kier molecular flexibility index (Phi) is 3.23. The lowest BCUT2D eigenvalue weighted by atomic mass is 10.0. The molecular weight excluding hydrogens is 180 g/mol. The highest BCUT2D eigenvalue weighted by Gasteiger charge is 2.18. The van der Waals surface area contributed by atoms with E-state index in [1.807, 2.05) is 4.72 Å². The van der Waals surface area contributed by atoms with E-state index < -0.39 is 21.5 Å². The van der Waals surface area contributed by atoms with Crippen molar-refractivity contribution in [3.05, 3.63) is 0 Å². The van der Waals surface area contributed by atoms with E-state index in [-0.39, 0.29) is 6.42 Å². The quantitative estimate of drug-likeness (QED) is 0.615. The summed E-state index contributed by atoms with van der Waals surface area (Å²) in [6.07, 6.45) is 0.911. The molecule has 0 aromatic heterocycles. The van der Waals surface area contributed by atoms with Gasteiger partial charge in [0, 0.05) is 12.0 Å². The van der Waals surface area contributed by atoms with Crippen LogP contribution in [-0.4, -0.2) is 26.1 Å². The van der Waals surface area contributed by atoms with Crippen molar-refractivity contribution in [2.24, 2.45) is 5.73 Å². The minimum absolute atomic E-state index is 0.0138. The number of carbonyl (C=O) groups is 1. The topological polar surface area (TPSA) is 89.3 Å². The summed E-state index contributed by atoms with van der Waals surface area (Å²) in [7, 11) is -3.45. The molecule has 0 radical (unpaired) electrons. The van der Waals surface area contributed by atoms with Crippen LogP contribution in [0, 0.1) is 0 Å². The Morgan fingerprint density at radius 3 is 2.17 bits per heavy atom. The number of rotatable bonds is 3. The van der Waals surface area contributed by atoms with E-state index in [0.29, 0.717) is 0 Å². The third kappa shape index (κ3) is 7.49. The van der Waals surface area contributed by atoms with Crippen molar-refractivity contribution in [3.63, 3.8) is 0 Å². The molecule has 6 heteroatoms. The number of nitrogens with two attached hydrogens (primary N) is 1. The lowest BCUT2D eigenvalue weighted by Crippen LogP contribution is -2.40. The van der Waals surface area contributed by atoms with E-state index >= 15 is 0 Å². The first-order chi connectivity index (χ1) is 5.10. The van der Waals surface area contributed by atoms with Crippen molar-refractivity contribution in [1.29, 1.82) is 0 Å². The van der Waals surface area contributed by atoms with Crippen LogP contribution in [0.4, 0.5) is 0 Å². The van der Waals surface area contributed by atoms with Gasteiger partial charge in [0.05, 0.1) is 6.26 Å². The van der Waals surface area contributed by atoms with Crippen molar-refractivity contribution in [2.75, 3.05) is 6.26 Å². The van der Waals surface area contributed by atoms with Gasteiger partial charge in [0.2, 0.25) is 15.9 Å². The summed E-state index contributed by atoms with van der Waals surface area (Å²) in [5.74, 6) is -0.579. The molecule has 0 spiro atoms. The SMILES string of the molecule is CC(C)(N)CC(=O)NS(C)(=O)=O. The molecule has 0 rings (SSSR count). The van der Waals surface area contributed by atoms with E-state index in [0.717, 1.165) is 6.26 Å². The van der Waals surface area contributed by atoms with Crippen LogP contribution in [0.2, 0.25) is 0 Å². The lowest BCUT2D eigenvalue weighted by Gasteiger charge is -2.16. The minimum atomic E-state index is -3.45. The maximum atomic E-state index is 10.9. The van der Waals surface area contributed by atoms with Crippen LogP contribution >= 0.6 is 0 Å². The summed E-state index contributed by atoms with van der Waals surface area (Å²) in [5, 5.41) is 0. The van der Waals surface area contributed by atoms with Gasteiger partial charge < -0.3 is 5.73 Å². The molecule has 0 heterocycles. The van der Waals surface area contributed by atoms with Gasteiger partial charge in [-0.15, -0.1) is 0 Å². The molecule has 0 bridgehead atoms. The molecule has 0 aliphatic carbocycles. The fourth-order valence-corrected chi connectivity index (χ4v) is 1.14. The van der Waals surface area contributed by atoms with Crippen LogP contribution < -0.4 is 10.5 Å². The van der Waals surface area contributed by atoms with Crippen molar-refractivity contribution in [1.82, 2.24) is 4.72 Å². The summed E-state index contributed by atoms with van der Waals surface area (Å²) < 4.78 is 22.9. The van der Waals surface area contributed by atoms with Gasteiger partial charge in [0.15, 0.2) is 0 Å². The van der Waals surface area contributed by atoms with Gasteiger partial charge in [-0.1, -0.05) is 0 Å². The average molecular weight is 194 g/mol. The molecule has 1 amide bonds. The molecule has 5 nitrogen and oxygen atoms in total. The highest BCUT2D eigenvalue weighted by molar-refractivity contribution is 7.89. The van der Waals surface area contributed by atoms with Crippen LogP contribution in [0.3, 0.4) is 0 Å². The second kappa shape index (κ2) is 3.40. The molecule has 0 unspecified atom stereocenters. The molecule has 72 valence electrons. The van der Waals surface area contributed by atoms with Crippen LogP contribution in [-0.2, 0) is 14.8 Å². The molecular formula is C6H14N2O3S. The summed E-state index contributed by atoms with van der Waals surface area (Å²) in [6.45, 7) is 3.30. The summed E-state index contributed by atoms with van der Waals surface area (Å²) in [6, 6.07) is 0. The van der Waals surface area contributed by atoms with Crippen LogP contribution in [0.15, 0.2) is 0 Å². The molecule has 0 aromatic carbocycles. The molecule has 0 saturated carbocycles. The Hall–Kier alpha value is -0.620. The van der Waals surface area contributed by atoms with Gasteiger partial charge in [-0.25, -0.2) is 8.42 Å². The molecule has 0 atom stereocenters. The predicted octanol–water partition coefficient (Wildman–Crippen LogP) is -0.810. The van der Waals surface area contributed by atoms with Crippen LogP contribution in [0.25, 0.3) is 0 Å². The fourth-order valence-electron chi connectivity index (χ4n) is 0.657.